The number of carboxylic acids is 1. The van der Waals surface area contributed by atoms with E-state index in [0.29, 0.717) is 5.69 Å². The third kappa shape index (κ3) is 3.22. The fraction of sp³-hybridized carbons (Fsp3) is 0.231. The van der Waals surface area contributed by atoms with Crippen LogP contribution in [0.3, 0.4) is 0 Å². The van der Waals surface area contributed by atoms with E-state index in [-0.39, 0.29) is 18.0 Å². The molecule has 0 amide bonds. The van der Waals surface area contributed by atoms with Gasteiger partial charge in [-0.1, -0.05) is 18.2 Å². The molecule has 7 nitrogen and oxygen atoms in total. The molecule has 0 saturated carbocycles. The molecule has 0 spiro atoms. The molecule has 0 aliphatic heterocycles. The zero-order valence-corrected chi connectivity index (χ0v) is 12.2. The summed E-state index contributed by atoms with van der Waals surface area (Å²) in [5.74, 6) is -1.06. The Balaban J connectivity index is 2.44. The summed E-state index contributed by atoms with van der Waals surface area (Å²) >= 11 is 0. The molecule has 0 bridgehead atoms. The molecule has 0 radical (unpaired) electrons. The molecule has 0 fully saturated rings. The Kier molecular flexibility index (Phi) is 4.27. The van der Waals surface area contributed by atoms with Crippen LogP contribution in [0.25, 0.3) is 0 Å². The molecular formula is C13H15N3O4S. The highest BCUT2D eigenvalue weighted by Crippen LogP contribution is 2.23. The Bertz CT molecular complexity index is 725. The number of aromatic nitrogens is 2. The molecule has 1 N–H and O–H groups in total. The first-order valence-electron chi connectivity index (χ1n) is 6.20. The van der Waals surface area contributed by atoms with E-state index >= 15 is 0 Å². The molecule has 0 aliphatic carbocycles. The molecule has 1 aromatic carbocycles. The maximum atomic E-state index is 12.7. The van der Waals surface area contributed by atoms with Gasteiger partial charge in [-0.15, -0.1) is 0 Å². The fourth-order valence-corrected chi connectivity index (χ4v) is 3.48. The van der Waals surface area contributed by atoms with Gasteiger partial charge in [-0.2, -0.15) is 13.5 Å². The van der Waals surface area contributed by atoms with E-state index in [1.807, 2.05) is 0 Å². The summed E-state index contributed by atoms with van der Waals surface area (Å²) in [7, 11) is -2.35. The zero-order chi connectivity index (χ0) is 15.5. The first-order valence-corrected chi connectivity index (χ1v) is 7.64. The SMILES string of the molecule is Cn1nccc1S(=O)(=O)N(CCC(=O)O)c1ccccc1. The zero-order valence-electron chi connectivity index (χ0n) is 11.4. The monoisotopic (exact) mass is 309 g/mol. The highest BCUT2D eigenvalue weighted by Gasteiger charge is 2.27. The molecule has 21 heavy (non-hydrogen) atoms. The second-order valence-corrected chi connectivity index (χ2v) is 6.16. The number of aliphatic carboxylic acids is 1. The van der Waals surface area contributed by atoms with Gasteiger partial charge in [-0.3, -0.25) is 13.8 Å². The van der Waals surface area contributed by atoms with Crippen LogP contribution < -0.4 is 4.31 Å². The number of rotatable bonds is 6. The molecule has 0 aliphatic rings. The summed E-state index contributed by atoms with van der Waals surface area (Å²) in [5, 5.41) is 12.7. The van der Waals surface area contributed by atoms with E-state index in [1.165, 1.54) is 24.0 Å². The molecule has 0 unspecified atom stereocenters. The Labute approximate surface area is 122 Å². The lowest BCUT2D eigenvalue weighted by Gasteiger charge is -2.23. The summed E-state index contributed by atoms with van der Waals surface area (Å²) in [6.07, 6.45) is 1.10. The summed E-state index contributed by atoms with van der Waals surface area (Å²) < 4.78 is 27.7. The number of hydrogen-bond donors (Lipinski definition) is 1. The molecule has 1 aromatic heterocycles. The van der Waals surface area contributed by atoms with Gasteiger partial charge in [0, 0.05) is 13.6 Å². The molecule has 0 atom stereocenters. The van der Waals surface area contributed by atoms with Crippen molar-refractivity contribution in [1.29, 1.82) is 0 Å². The number of sulfonamides is 1. The van der Waals surface area contributed by atoms with Crippen molar-refractivity contribution < 1.29 is 18.3 Å². The smallest absolute Gasteiger partial charge is 0.305 e. The van der Waals surface area contributed by atoms with Gasteiger partial charge in [0.25, 0.3) is 10.0 Å². The van der Waals surface area contributed by atoms with Crippen LogP contribution in [0.2, 0.25) is 0 Å². The van der Waals surface area contributed by atoms with Crippen molar-refractivity contribution in [3.63, 3.8) is 0 Å². The fourth-order valence-electron chi connectivity index (χ4n) is 1.91. The number of nitrogens with zero attached hydrogens (tertiary/aromatic N) is 3. The average molecular weight is 309 g/mol. The van der Waals surface area contributed by atoms with E-state index < -0.39 is 16.0 Å². The van der Waals surface area contributed by atoms with E-state index in [1.54, 1.807) is 30.3 Å². The van der Waals surface area contributed by atoms with Crippen LogP contribution in [0.1, 0.15) is 6.42 Å². The minimum absolute atomic E-state index is 0.0109. The lowest BCUT2D eigenvalue weighted by molar-refractivity contribution is -0.136. The van der Waals surface area contributed by atoms with Gasteiger partial charge in [0.2, 0.25) is 0 Å². The van der Waals surface area contributed by atoms with E-state index in [4.69, 9.17) is 5.11 Å². The number of para-hydroxylation sites is 1. The van der Waals surface area contributed by atoms with E-state index in [9.17, 15) is 13.2 Å². The molecule has 112 valence electrons. The quantitative estimate of drug-likeness (QED) is 0.862. The first kappa shape index (κ1) is 15.0. The highest BCUT2D eigenvalue weighted by atomic mass is 32.2. The van der Waals surface area contributed by atoms with Crippen LogP contribution in [-0.2, 0) is 21.9 Å². The third-order valence-corrected chi connectivity index (χ3v) is 4.81. The highest BCUT2D eigenvalue weighted by molar-refractivity contribution is 7.92. The van der Waals surface area contributed by atoms with Gasteiger partial charge in [-0.25, -0.2) is 0 Å². The number of hydrogen-bond acceptors (Lipinski definition) is 4. The largest absolute Gasteiger partial charge is 0.481 e. The van der Waals surface area contributed by atoms with Crippen molar-refractivity contribution >= 4 is 21.7 Å². The Morgan fingerprint density at radius 3 is 2.48 bits per heavy atom. The minimum atomic E-state index is -3.87. The molecular weight excluding hydrogens is 294 g/mol. The van der Waals surface area contributed by atoms with Crippen LogP contribution in [0.15, 0.2) is 47.6 Å². The predicted octanol–water partition coefficient (Wildman–Crippen LogP) is 1.09. The van der Waals surface area contributed by atoms with Gasteiger partial charge in [-0.05, 0) is 18.2 Å². The first-order chi connectivity index (χ1) is 9.93. The van der Waals surface area contributed by atoms with E-state index in [2.05, 4.69) is 5.10 Å². The van der Waals surface area contributed by atoms with Gasteiger partial charge in [0.1, 0.15) is 0 Å². The van der Waals surface area contributed by atoms with Crippen molar-refractivity contribution in [1.82, 2.24) is 9.78 Å². The number of anilines is 1. The summed E-state index contributed by atoms with van der Waals surface area (Å²) in [6, 6.07) is 9.77. The summed E-state index contributed by atoms with van der Waals surface area (Å²) in [5.41, 5.74) is 0.417. The number of carboxylic acid groups (broad SMARTS) is 1. The van der Waals surface area contributed by atoms with Gasteiger partial charge >= 0.3 is 5.97 Å². The topological polar surface area (TPSA) is 92.5 Å². The van der Waals surface area contributed by atoms with Crippen LogP contribution in [0.4, 0.5) is 5.69 Å². The number of carbonyl (C=O) groups is 1. The molecule has 1 heterocycles. The van der Waals surface area contributed by atoms with E-state index in [0.717, 1.165) is 4.31 Å². The number of benzene rings is 1. The third-order valence-electron chi connectivity index (χ3n) is 2.90. The lowest BCUT2D eigenvalue weighted by Crippen LogP contribution is -2.34. The van der Waals surface area contributed by atoms with Crippen molar-refractivity contribution in [2.45, 2.75) is 11.4 Å². The van der Waals surface area contributed by atoms with Crippen molar-refractivity contribution in [3.05, 3.63) is 42.6 Å². The van der Waals surface area contributed by atoms with Gasteiger partial charge in [0.05, 0.1) is 18.3 Å². The van der Waals surface area contributed by atoms with Crippen LogP contribution >= 0.6 is 0 Å². The maximum Gasteiger partial charge on any atom is 0.305 e. The minimum Gasteiger partial charge on any atom is -0.481 e. The standard InChI is InChI=1S/C13H15N3O4S/c1-15-12(7-9-14-15)21(19,20)16(10-8-13(17)18)11-5-3-2-4-6-11/h2-7,9H,8,10H2,1H3,(H,17,18). The van der Waals surface area contributed by atoms with Crippen molar-refractivity contribution in [2.75, 3.05) is 10.8 Å². The molecule has 2 aromatic rings. The van der Waals surface area contributed by atoms with Crippen LogP contribution in [0.5, 0.6) is 0 Å². The molecule has 8 heteroatoms. The Morgan fingerprint density at radius 1 is 1.29 bits per heavy atom. The Hall–Kier alpha value is -2.35. The van der Waals surface area contributed by atoms with Gasteiger partial charge < -0.3 is 5.11 Å². The molecule has 2 rings (SSSR count). The molecule has 0 saturated heterocycles. The number of aryl methyl sites for hydroxylation is 1. The average Bonchev–Trinajstić information content (AvgIpc) is 2.86. The predicted molar refractivity (Wildman–Crippen MR) is 76.4 cm³/mol. The maximum absolute atomic E-state index is 12.7. The summed E-state index contributed by atoms with van der Waals surface area (Å²) in [6.45, 7) is -0.146. The normalized spacial score (nSPS) is 11.3. The Morgan fingerprint density at radius 2 is 1.95 bits per heavy atom. The lowest BCUT2D eigenvalue weighted by atomic mass is 10.3. The second kappa shape index (κ2) is 5.96. The van der Waals surface area contributed by atoms with Crippen molar-refractivity contribution in [3.8, 4) is 0 Å². The summed E-state index contributed by atoms with van der Waals surface area (Å²) in [4.78, 5) is 10.8. The van der Waals surface area contributed by atoms with Gasteiger partial charge in [0.15, 0.2) is 5.03 Å². The van der Waals surface area contributed by atoms with Crippen molar-refractivity contribution in [2.24, 2.45) is 7.05 Å². The second-order valence-electron chi connectivity index (χ2n) is 4.35. The van der Waals surface area contributed by atoms with Crippen LogP contribution in [-0.4, -0.2) is 35.8 Å². The van der Waals surface area contributed by atoms with Crippen LogP contribution in [0, 0.1) is 0 Å².